The Morgan fingerprint density at radius 1 is 0.767 bits per heavy atom. The molecule has 0 radical (unpaired) electrons. The molecule has 3 aromatic rings. The lowest BCUT2D eigenvalue weighted by Crippen LogP contribution is -2.64. The van der Waals surface area contributed by atoms with Gasteiger partial charge in [-0.05, 0) is 23.6 Å². The number of carbonyl (C=O) groups excluding carboxylic acids is 2. The summed E-state index contributed by atoms with van der Waals surface area (Å²) < 4.78 is 10.1. The summed E-state index contributed by atoms with van der Waals surface area (Å²) in [6.07, 6.45) is -1.12. The van der Waals surface area contributed by atoms with Crippen LogP contribution in [0.15, 0.2) is 91.0 Å². The summed E-state index contributed by atoms with van der Waals surface area (Å²) in [4.78, 5) is 25.4. The van der Waals surface area contributed by atoms with Gasteiger partial charge in [-0.15, -0.1) is 0 Å². The maximum absolute atomic E-state index is 13.2. The zero-order valence-electron chi connectivity index (χ0n) is 16.7. The lowest BCUT2D eigenvalue weighted by atomic mass is 9.69. The Balaban J connectivity index is 1.87. The molecule has 0 aromatic heterocycles. The first kappa shape index (κ1) is 21.2. The topological polar surface area (TPSA) is 105 Å². The SMILES string of the molecule is CC(C(=O)OC(=O)OCc1ccccc1)(c1ccccc1)C(N)(N)c1ccccc1. The molecule has 1 atom stereocenters. The number of esters is 1. The van der Waals surface area contributed by atoms with Crippen LogP contribution < -0.4 is 11.5 Å². The molecule has 4 N–H and O–H groups in total. The normalized spacial score (nSPS) is 13.2. The molecule has 0 saturated heterocycles. The quantitative estimate of drug-likeness (QED) is 0.370. The van der Waals surface area contributed by atoms with Gasteiger partial charge in [0.15, 0.2) is 0 Å². The van der Waals surface area contributed by atoms with Gasteiger partial charge in [0.2, 0.25) is 0 Å². The van der Waals surface area contributed by atoms with Crippen molar-refractivity contribution in [3.63, 3.8) is 0 Å². The molecule has 0 aliphatic heterocycles. The van der Waals surface area contributed by atoms with Crippen LogP contribution in [0.25, 0.3) is 0 Å². The predicted octanol–water partition coefficient (Wildman–Crippen LogP) is 3.59. The average molecular weight is 404 g/mol. The lowest BCUT2D eigenvalue weighted by molar-refractivity contribution is -0.149. The highest BCUT2D eigenvalue weighted by Crippen LogP contribution is 2.38. The van der Waals surface area contributed by atoms with E-state index in [1.54, 1.807) is 73.7 Å². The van der Waals surface area contributed by atoms with Gasteiger partial charge in [-0.25, -0.2) is 4.79 Å². The van der Waals surface area contributed by atoms with Crippen LogP contribution in [0, 0.1) is 0 Å². The molecule has 0 aliphatic carbocycles. The number of hydrogen-bond donors (Lipinski definition) is 2. The van der Waals surface area contributed by atoms with Gasteiger partial charge in [0.05, 0.1) is 0 Å². The van der Waals surface area contributed by atoms with Crippen molar-refractivity contribution in [1.29, 1.82) is 0 Å². The summed E-state index contributed by atoms with van der Waals surface area (Å²) in [6, 6.07) is 26.6. The van der Waals surface area contributed by atoms with Gasteiger partial charge in [-0.1, -0.05) is 91.0 Å². The molecular weight excluding hydrogens is 380 g/mol. The van der Waals surface area contributed by atoms with E-state index in [4.69, 9.17) is 20.9 Å². The van der Waals surface area contributed by atoms with Crippen LogP contribution in [0.3, 0.4) is 0 Å². The van der Waals surface area contributed by atoms with E-state index >= 15 is 0 Å². The van der Waals surface area contributed by atoms with Crippen LogP contribution >= 0.6 is 0 Å². The van der Waals surface area contributed by atoms with Crippen molar-refractivity contribution in [1.82, 2.24) is 0 Å². The fourth-order valence-corrected chi connectivity index (χ4v) is 3.22. The number of ether oxygens (including phenoxy) is 2. The minimum atomic E-state index is -1.66. The summed E-state index contributed by atoms with van der Waals surface area (Å²) in [6.45, 7) is 1.53. The van der Waals surface area contributed by atoms with E-state index in [-0.39, 0.29) is 6.61 Å². The third-order valence-corrected chi connectivity index (χ3v) is 5.21. The molecule has 6 heteroatoms. The van der Waals surface area contributed by atoms with Crippen molar-refractivity contribution in [3.05, 3.63) is 108 Å². The Morgan fingerprint density at radius 3 is 1.77 bits per heavy atom. The van der Waals surface area contributed by atoms with E-state index in [2.05, 4.69) is 0 Å². The first-order valence-electron chi connectivity index (χ1n) is 9.47. The number of benzene rings is 3. The summed E-state index contributed by atoms with van der Waals surface area (Å²) in [5, 5.41) is 0. The molecular formula is C24H24N2O4. The lowest BCUT2D eigenvalue weighted by Gasteiger charge is -2.41. The highest BCUT2D eigenvalue weighted by atomic mass is 16.7. The Bertz CT molecular complexity index is 991. The van der Waals surface area contributed by atoms with E-state index in [1.165, 1.54) is 0 Å². The molecule has 0 amide bonds. The molecule has 0 heterocycles. The molecule has 3 rings (SSSR count). The monoisotopic (exact) mass is 404 g/mol. The minimum absolute atomic E-state index is 0.0237. The molecule has 0 aliphatic rings. The molecule has 0 fully saturated rings. The van der Waals surface area contributed by atoms with Crippen molar-refractivity contribution in [2.45, 2.75) is 24.6 Å². The maximum atomic E-state index is 13.2. The van der Waals surface area contributed by atoms with Crippen molar-refractivity contribution >= 4 is 12.1 Å². The Hall–Kier alpha value is -3.48. The van der Waals surface area contributed by atoms with Gasteiger partial charge in [0, 0.05) is 0 Å². The fourth-order valence-electron chi connectivity index (χ4n) is 3.22. The summed E-state index contributed by atoms with van der Waals surface area (Å²) >= 11 is 0. The second-order valence-corrected chi connectivity index (χ2v) is 7.14. The standard InChI is InChI=1S/C24H24N2O4/c1-23(19-13-7-3-8-14-19,24(25,26)20-15-9-4-10-16-20)21(27)30-22(28)29-17-18-11-5-2-6-12-18/h2-16H,17,25-26H2,1H3. The molecule has 3 aromatic carbocycles. The number of rotatable bonds is 6. The first-order chi connectivity index (χ1) is 14.4. The summed E-state index contributed by atoms with van der Waals surface area (Å²) in [5.74, 6) is -0.902. The Labute approximate surface area is 175 Å². The van der Waals surface area contributed by atoms with Crippen molar-refractivity contribution in [3.8, 4) is 0 Å². The molecule has 0 saturated carbocycles. The zero-order chi connectivity index (χ0) is 21.6. The highest BCUT2D eigenvalue weighted by molar-refractivity contribution is 5.91. The molecule has 1 unspecified atom stereocenters. The third kappa shape index (κ3) is 4.25. The zero-order valence-corrected chi connectivity index (χ0v) is 16.7. The predicted molar refractivity (Wildman–Crippen MR) is 113 cm³/mol. The smallest absolute Gasteiger partial charge is 0.429 e. The highest BCUT2D eigenvalue weighted by Gasteiger charge is 2.53. The second kappa shape index (κ2) is 8.90. The average Bonchev–Trinajstić information content (AvgIpc) is 2.78. The van der Waals surface area contributed by atoms with Gasteiger partial charge < -0.3 is 20.9 Å². The maximum Gasteiger partial charge on any atom is 0.516 e. The molecule has 30 heavy (non-hydrogen) atoms. The number of carbonyl (C=O) groups is 2. The van der Waals surface area contributed by atoms with E-state index < -0.39 is 23.2 Å². The first-order valence-corrected chi connectivity index (χ1v) is 9.47. The molecule has 154 valence electrons. The van der Waals surface area contributed by atoms with Gasteiger partial charge in [-0.3, -0.25) is 4.79 Å². The van der Waals surface area contributed by atoms with Crippen LogP contribution in [0.2, 0.25) is 0 Å². The van der Waals surface area contributed by atoms with Crippen LogP contribution in [0.4, 0.5) is 4.79 Å². The van der Waals surface area contributed by atoms with Crippen LogP contribution in [-0.4, -0.2) is 12.1 Å². The van der Waals surface area contributed by atoms with Gasteiger partial charge in [-0.2, -0.15) is 0 Å². The second-order valence-electron chi connectivity index (χ2n) is 7.14. The fraction of sp³-hybridized carbons (Fsp3) is 0.167. The van der Waals surface area contributed by atoms with Crippen molar-refractivity contribution in [2.24, 2.45) is 11.5 Å². The molecule has 6 nitrogen and oxygen atoms in total. The number of nitrogens with two attached hydrogens (primary N) is 2. The van der Waals surface area contributed by atoms with Crippen molar-refractivity contribution in [2.75, 3.05) is 0 Å². The minimum Gasteiger partial charge on any atom is -0.429 e. The van der Waals surface area contributed by atoms with E-state index in [0.717, 1.165) is 5.56 Å². The van der Waals surface area contributed by atoms with E-state index in [0.29, 0.717) is 11.1 Å². The number of hydrogen-bond acceptors (Lipinski definition) is 6. The molecule has 0 spiro atoms. The Morgan fingerprint density at radius 2 is 1.23 bits per heavy atom. The largest absolute Gasteiger partial charge is 0.516 e. The van der Waals surface area contributed by atoms with Gasteiger partial charge in [0.1, 0.15) is 17.7 Å². The summed E-state index contributed by atoms with van der Waals surface area (Å²) in [5.41, 5.74) is 11.6. The van der Waals surface area contributed by atoms with Crippen LogP contribution in [-0.2, 0) is 32.0 Å². The van der Waals surface area contributed by atoms with Gasteiger partial charge in [0.25, 0.3) is 0 Å². The van der Waals surface area contributed by atoms with Crippen LogP contribution in [0.5, 0.6) is 0 Å². The Kier molecular flexibility index (Phi) is 6.30. The molecule has 0 bridgehead atoms. The van der Waals surface area contributed by atoms with E-state index in [1.807, 2.05) is 24.3 Å². The van der Waals surface area contributed by atoms with Gasteiger partial charge >= 0.3 is 12.1 Å². The summed E-state index contributed by atoms with van der Waals surface area (Å²) in [7, 11) is 0. The van der Waals surface area contributed by atoms with Crippen molar-refractivity contribution < 1.29 is 19.1 Å². The third-order valence-electron chi connectivity index (χ3n) is 5.21. The van der Waals surface area contributed by atoms with E-state index in [9.17, 15) is 9.59 Å². The van der Waals surface area contributed by atoms with Crippen LogP contribution in [0.1, 0.15) is 23.6 Å².